The highest BCUT2D eigenvalue weighted by molar-refractivity contribution is 6.02. The molecule has 18 heteroatoms. The average Bonchev–Trinajstić information content (AvgIpc) is 3.98. The van der Waals surface area contributed by atoms with Crippen LogP contribution in [-0.2, 0) is 61.5 Å². The number of rotatable bonds is 2. The van der Waals surface area contributed by atoms with Gasteiger partial charge in [0, 0.05) is 82.9 Å². The lowest BCUT2D eigenvalue weighted by atomic mass is 9.50. The van der Waals surface area contributed by atoms with Gasteiger partial charge in [-0.2, -0.15) is 10.2 Å². The first-order valence-electron chi connectivity index (χ1n) is 20.3. The molecule has 4 aromatic heterocycles. The monoisotopic (exact) mass is 815 g/mol. The van der Waals surface area contributed by atoms with Crippen molar-refractivity contribution in [2.24, 2.45) is 50.9 Å². The van der Waals surface area contributed by atoms with Crippen LogP contribution < -0.4 is 11.0 Å². The van der Waals surface area contributed by atoms with Crippen LogP contribution >= 0.6 is 0 Å². The first-order valence-corrected chi connectivity index (χ1v) is 19.3. The summed E-state index contributed by atoms with van der Waals surface area (Å²) in [7, 11) is 11.6. The maximum Gasteiger partial charge on any atom is 0.282 e. The number of carbonyl (C=O) groups is 2. The Morgan fingerprint density at radius 1 is 0.780 bits per heavy atom. The number of carbonyl (C=O) groups excluding carboxylic acids is 2. The van der Waals surface area contributed by atoms with Gasteiger partial charge in [0.05, 0.1) is 18.0 Å². The number of aryl methyl sites for hydroxylation is 4. The van der Waals surface area contributed by atoms with Crippen molar-refractivity contribution in [3.8, 4) is 23.0 Å². The van der Waals surface area contributed by atoms with Crippen molar-refractivity contribution < 1.29 is 21.4 Å². The molecule has 18 nitrogen and oxygen atoms in total. The van der Waals surface area contributed by atoms with Crippen LogP contribution in [-0.4, -0.2) is 91.2 Å². The molecule has 5 atom stereocenters. The van der Waals surface area contributed by atoms with Gasteiger partial charge < -0.3 is 20.1 Å². The molecule has 4 heterocycles. The lowest BCUT2D eigenvalue weighted by Gasteiger charge is -2.51. The molecule has 8 rings (SSSR count). The first kappa shape index (κ1) is 44.7. The first-order chi connectivity index (χ1) is 28.2. The predicted octanol–water partition coefficient (Wildman–Crippen LogP) is 4.60. The SMILES string of the molecule is CNO.CNO.[3H]C.[C-]#[N+]C1=C[C@]2(C)c3nn(C)c(-c4ncn(C)n4)c3CC[C@H]2C(C)(C)C1=O.[C-]#[N+]C1C[C@]2(C)c3nn(C)c(-c4ncn(C)n4)c3CC[C@H]2C(C)(C)C1=O. The van der Waals surface area contributed by atoms with Crippen molar-refractivity contribution in [1.82, 2.24) is 60.1 Å². The van der Waals surface area contributed by atoms with Crippen molar-refractivity contribution in [2.75, 3.05) is 14.1 Å². The van der Waals surface area contributed by atoms with E-state index < -0.39 is 22.3 Å². The van der Waals surface area contributed by atoms with Crippen LogP contribution in [0.3, 0.4) is 0 Å². The number of ketones is 2. The lowest BCUT2D eigenvalue weighted by Crippen LogP contribution is -2.56. The minimum absolute atomic E-state index is 0.0547. The number of hydrogen-bond acceptors (Lipinski definition) is 12. The van der Waals surface area contributed by atoms with E-state index in [9.17, 15) is 9.59 Å². The molecule has 0 aromatic carbocycles. The third-order valence-electron chi connectivity index (χ3n) is 12.7. The molecule has 0 aliphatic heterocycles. The van der Waals surface area contributed by atoms with Crippen LogP contribution in [0, 0.1) is 35.8 Å². The Labute approximate surface area is 348 Å². The summed E-state index contributed by atoms with van der Waals surface area (Å²) in [4.78, 5) is 41.6. The number of hydroxylamine groups is 2. The Morgan fingerprint density at radius 3 is 1.68 bits per heavy atom. The van der Waals surface area contributed by atoms with Gasteiger partial charge in [-0.05, 0) is 37.5 Å². The molecular formula is C41H60N14O4. The molecule has 59 heavy (non-hydrogen) atoms. The Hall–Kier alpha value is -5.40. The van der Waals surface area contributed by atoms with Crippen molar-refractivity contribution in [2.45, 2.75) is 97.9 Å². The highest BCUT2D eigenvalue weighted by atomic mass is 16.5. The summed E-state index contributed by atoms with van der Waals surface area (Å²) in [6.45, 7) is 27.2. The molecule has 0 spiro atoms. The molecule has 0 amide bonds. The van der Waals surface area contributed by atoms with Crippen LogP contribution in [0.2, 0.25) is 0 Å². The van der Waals surface area contributed by atoms with Gasteiger partial charge >= 0.3 is 0 Å². The summed E-state index contributed by atoms with van der Waals surface area (Å²) in [5.74, 6) is 1.67. The maximum atomic E-state index is 12.8. The second-order valence-electron chi connectivity index (χ2n) is 17.0. The molecule has 4 N–H and O–H groups in total. The van der Waals surface area contributed by atoms with E-state index in [0.29, 0.717) is 18.1 Å². The average molecular weight is 815 g/mol. The van der Waals surface area contributed by atoms with Gasteiger partial charge in [0.15, 0.2) is 17.4 Å². The highest BCUT2D eigenvalue weighted by Crippen LogP contribution is 2.57. The highest BCUT2D eigenvalue weighted by Gasteiger charge is 2.61. The third-order valence-corrected chi connectivity index (χ3v) is 12.7. The van der Waals surface area contributed by atoms with Crippen molar-refractivity contribution in [1.29, 1.82) is 0 Å². The summed E-state index contributed by atoms with van der Waals surface area (Å²) in [6.07, 6.45) is 9.24. The summed E-state index contributed by atoms with van der Waals surface area (Å²) in [5.41, 5.74) is 8.04. The van der Waals surface area contributed by atoms with E-state index in [2.05, 4.69) is 43.7 Å². The van der Waals surface area contributed by atoms with Gasteiger partial charge in [0.1, 0.15) is 24.0 Å². The number of nitrogens with zero attached hydrogens (tertiary/aromatic N) is 12. The lowest BCUT2D eigenvalue weighted by molar-refractivity contribution is -0.137. The maximum absolute atomic E-state index is 12.8. The van der Waals surface area contributed by atoms with Gasteiger partial charge in [0.25, 0.3) is 6.04 Å². The van der Waals surface area contributed by atoms with E-state index in [1.807, 2.05) is 71.3 Å². The number of hydrogen-bond donors (Lipinski definition) is 4. The Bertz CT molecular complexity index is 2320. The number of nitrogens with one attached hydrogen (secondary N) is 2. The molecule has 4 aliphatic rings. The number of aromatic nitrogens is 10. The van der Waals surface area contributed by atoms with Gasteiger partial charge in [-0.1, -0.05) is 55.0 Å². The van der Waals surface area contributed by atoms with Gasteiger partial charge in [0.2, 0.25) is 11.5 Å². The van der Waals surface area contributed by atoms with Gasteiger partial charge in [-0.15, -0.1) is 10.2 Å². The second kappa shape index (κ2) is 17.1. The molecule has 0 saturated heterocycles. The summed E-state index contributed by atoms with van der Waals surface area (Å²) in [6, 6.07) is -0.587. The van der Waals surface area contributed by atoms with E-state index in [4.69, 9.17) is 35.1 Å². The molecule has 1 saturated carbocycles. The summed E-state index contributed by atoms with van der Waals surface area (Å²) in [5, 5.41) is 33.2. The van der Waals surface area contributed by atoms with Crippen LogP contribution in [0.5, 0.6) is 0 Å². The zero-order valence-electron chi connectivity index (χ0n) is 37.6. The fourth-order valence-electron chi connectivity index (χ4n) is 10.3. The molecule has 0 bridgehead atoms. The Morgan fingerprint density at radius 2 is 1.24 bits per heavy atom. The zero-order chi connectivity index (χ0) is 45.1. The van der Waals surface area contributed by atoms with Crippen molar-refractivity contribution in [3.63, 3.8) is 0 Å². The van der Waals surface area contributed by atoms with E-state index >= 15 is 0 Å². The fourth-order valence-corrected chi connectivity index (χ4v) is 10.3. The van der Waals surface area contributed by atoms with E-state index in [0.717, 1.165) is 54.0 Å². The molecular weight excluding hydrogens is 753 g/mol. The minimum atomic E-state index is -0.587. The molecule has 1 fully saturated rings. The van der Waals surface area contributed by atoms with Crippen LogP contribution in [0.1, 0.15) is 92.1 Å². The largest absolute Gasteiger partial charge is 0.317 e. The topological polar surface area (TPSA) is 204 Å². The second-order valence-corrected chi connectivity index (χ2v) is 17.0. The van der Waals surface area contributed by atoms with Gasteiger partial charge in [-0.3, -0.25) is 23.5 Å². The molecule has 4 aliphatic carbocycles. The van der Waals surface area contributed by atoms with Crippen molar-refractivity contribution in [3.05, 3.63) is 69.8 Å². The summed E-state index contributed by atoms with van der Waals surface area (Å²) < 4.78 is 12.8. The van der Waals surface area contributed by atoms with E-state index in [1.165, 1.54) is 27.1 Å². The molecule has 0 radical (unpaired) electrons. The van der Waals surface area contributed by atoms with Crippen LogP contribution in [0.25, 0.3) is 32.7 Å². The Kier molecular flexibility index (Phi) is 12.9. The third kappa shape index (κ3) is 7.66. The van der Waals surface area contributed by atoms with Crippen molar-refractivity contribution >= 4 is 11.6 Å². The van der Waals surface area contributed by atoms with E-state index in [-0.39, 0.29) is 34.5 Å². The zero-order valence-corrected chi connectivity index (χ0v) is 36.6. The quantitative estimate of drug-likeness (QED) is 0.162. The number of Topliss-reactive ketones (excluding diaryl/α,β-unsaturated/α-hetero) is 2. The molecule has 4 aromatic rings. The fraction of sp³-hybridized carbons (Fsp3) is 0.610. The number of allylic oxidation sites excluding steroid dienone is 2. The summed E-state index contributed by atoms with van der Waals surface area (Å²) >= 11 is 0. The van der Waals surface area contributed by atoms with Gasteiger partial charge in [-0.25, -0.2) is 32.3 Å². The van der Waals surface area contributed by atoms with Crippen LogP contribution in [0.15, 0.2) is 24.4 Å². The van der Waals surface area contributed by atoms with E-state index in [1.54, 1.807) is 33.0 Å². The predicted molar refractivity (Wildman–Crippen MR) is 220 cm³/mol. The number of fused-ring (bicyclic) bond motifs is 6. The molecule has 318 valence electrons. The smallest absolute Gasteiger partial charge is 0.282 e. The van der Waals surface area contributed by atoms with Crippen LogP contribution in [0.4, 0.5) is 0 Å². The molecule has 1 unspecified atom stereocenters. The minimum Gasteiger partial charge on any atom is -0.317 e. The normalized spacial score (nSPS) is 25.6. The Balaban J connectivity index is 0.000000226. The standard InChI is InChI=1S/C19H24N6O.C19H22N6O.2CH5NO.CH4/c2*1-18(2)13-8-7-11-14(17-21-10-24(5)23-17)25(6)22-15(11)19(13,3)9-12(20-4)16(18)26;2*1-2-3;/h10,12-13H,7-9H2,1-3,5-6H3;9-10,13H,7-8H2,1-3,5-6H3;2*2-3H,1H3;1H4/t12?,13-,19-;13-,19-;;;/m00.../s1/i;;;;1T.